The number of aryl methyl sites for hydroxylation is 1. The number of hydrogen-bond donors (Lipinski definition) is 0. The fraction of sp³-hybridized carbons (Fsp3) is 0.0455. The van der Waals surface area contributed by atoms with Crippen LogP contribution in [-0.4, -0.2) is 7.85 Å². The molecule has 0 aliphatic heterocycles. The molecule has 0 saturated carbocycles. The van der Waals surface area contributed by atoms with E-state index in [1.54, 1.807) is 0 Å². The number of benzene rings is 5. The predicted octanol–water partition coefficient (Wildman–Crippen LogP) is 11.1. The first-order chi connectivity index (χ1) is 22.7. The third kappa shape index (κ3) is 4.84. The molecule has 46 heavy (non-hydrogen) atoms. The molecular weight excluding hydrogens is 555 g/mol. The maximum atomic E-state index is 6.34. The summed E-state index contributed by atoms with van der Waals surface area (Å²) in [5, 5.41) is 4.77. The van der Waals surface area contributed by atoms with Crippen molar-refractivity contribution < 1.29 is 4.42 Å². The van der Waals surface area contributed by atoms with Crippen molar-refractivity contribution in [2.45, 2.75) is 13.3 Å². The van der Waals surface area contributed by atoms with Crippen LogP contribution in [0.1, 0.15) is 16.7 Å². The van der Waals surface area contributed by atoms with Crippen molar-refractivity contribution in [2.24, 2.45) is 0 Å². The van der Waals surface area contributed by atoms with Gasteiger partial charge in [-0.05, 0) is 86.3 Å². The lowest BCUT2D eigenvalue weighted by molar-refractivity contribution is 0.669. The van der Waals surface area contributed by atoms with Gasteiger partial charge in [-0.25, -0.2) is 0 Å². The van der Waals surface area contributed by atoms with Crippen LogP contribution in [0.2, 0.25) is 0 Å². The van der Waals surface area contributed by atoms with Gasteiger partial charge in [0.15, 0.2) is 0 Å². The van der Waals surface area contributed by atoms with E-state index < -0.39 is 0 Å². The van der Waals surface area contributed by atoms with Crippen molar-refractivity contribution in [2.75, 3.05) is 0 Å². The number of allylic oxidation sites excluding steroid dienone is 3. The quantitative estimate of drug-likeness (QED) is 0.188. The zero-order chi connectivity index (χ0) is 31.0. The van der Waals surface area contributed by atoms with E-state index in [0.717, 1.165) is 33.8 Å². The molecule has 0 spiro atoms. The molecule has 2 radical (unpaired) electrons. The van der Waals surface area contributed by atoms with Gasteiger partial charge in [0.1, 0.15) is 19.0 Å². The molecule has 1 aliphatic carbocycles. The van der Waals surface area contributed by atoms with Crippen LogP contribution in [0.5, 0.6) is 0 Å². The van der Waals surface area contributed by atoms with Crippen molar-refractivity contribution >= 4 is 52.1 Å². The summed E-state index contributed by atoms with van der Waals surface area (Å²) in [6.07, 6.45) is 9.71. The number of furan rings is 1. The lowest BCUT2D eigenvalue weighted by Crippen LogP contribution is -2.00. The second-order valence-electron chi connectivity index (χ2n) is 11.9. The fourth-order valence-electron chi connectivity index (χ4n) is 6.94. The van der Waals surface area contributed by atoms with Crippen LogP contribution in [0.4, 0.5) is 0 Å². The summed E-state index contributed by atoms with van der Waals surface area (Å²) in [4.78, 5) is 0. The summed E-state index contributed by atoms with van der Waals surface area (Å²) >= 11 is 0. The van der Waals surface area contributed by atoms with Gasteiger partial charge in [-0.15, -0.1) is 0 Å². The Morgan fingerprint density at radius 1 is 0.543 bits per heavy atom. The first-order valence-corrected chi connectivity index (χ1v) is 15.8. The molecule has 0 N–H and O–H groups in total. The highest BCUT2D eigenvalue weighted by atomic mass is 16.3. The number of rotatable bonds is 3. The average Bonchev–Trinajstić information content (AvgIpc) is 3.30. The Balaban J connectivity index is 1.37. The van der Waals surface area contributed by atoms with Gasteiger partial charge < -0.3 is 4.42 Å². The number of fused-ring (bicyclic) bond motifs is 5. The van der Waals surface area contributed by atoms with Gasteiger partial charge in [-0.2, -0.15) is 0 Å². The van der Waals surface area contributed by atoms with E-state index in [1.165, 1.54) is 60.8 Å². The van der Waals surface area contributed by atoms with E-state index in [0.29, 0.717) is 0 Å². The van der Waals surface area contributed by atoms with Crippen molar-refractivity contribution in [1.29, 1.82) is 0 Å². The average molecular weight is 587 g/mol. The zero-order valence-electron chi connectivity index (χ0n) is 25.7. The van der Waals surface area contributed by atoms with E-state index in [9.17, 15) is 0 Å². The first-order valence-electron chi connectivity index (χ1n) is 15.8. The Kier molecular flexibility index (Phi) is 7.12. The van der Waals surface area contributed by atoms with Gasteiger partial charge in [0.05, 0.1) is 0 Å². The summed E-state index contributed by atoms with van der Waals surface area (Å²) in [5.74, 6) is 0. The second kappa shape index (κ2) is 11.7. The van der Waals surface area contributed by atoms with E-state index in [4.69, 9.17) is 12.3 Å². The molecule has 0 atom stereocenters. The molecule has 1 aliphatic rings. The Labute approximate surface area is 270 Å². The molecule has 0 fully saturated rings. The maximum absolute atomic E-state index is 6.34. The van der Waals surface area contributed by atoms with Crippen LogP contribution in [0.15, 0.2) is 156 Å². The first kappa shape index (κ1) is 27.9. The lowest BCUT2D eigenvalue weighted by Gasteiger charge is -2.22. The smallest absolute Gasteiger partial charge is 0.136 e. The van der Waals surface area contributed by atoms with Crippen LogP contribution < -0.4 is 5.46 Å². The summed E-state index contributed by atoms with van der Waals surface area (Å²) in [6, 6.07) is 46.9. The standard InChI is InChI=1S/C44H31BO/c1-29-13-4-2-5-14-32(45)27-28-33(29)43-37-16-7-3-6-15-35(37)42(36-17-8-9-18-38(36)43)31-25-23-30(24-26-31)34-20-12-22-41-44(34)39-19-10-11-21-40(39)46-41/h2-14,16-28H,15H2,1H3. The van der Waals surface area contributed by atoms with Crippen LogP contribution in [0.3, 0.4) is 0 Å². The molecule has 1 nitrogen and oxygen atoms in total. The fourth-order valence-corrected chi connectivity index (χ4v) is 6.94. The van der Waals surface area contributed by atoms with E-state index in [-0.39, 0.29) is 0 Å². The van der Waals surface area contributed by atoms with Crippen molar-refractivity contribution in [3.05, 3.63) is 168 Å². The second-order valence-corrected chi connectivity index (χ2v) is 11.9. The highest BCUT2D eigenvalue weighted by Gasteiger charge is 2.21. The van der Waals surface area contributed by atoms with Crippen LogP contribution in [-0.2, 0) is 6.42 Å². The minimum atomic E-state index is 0.722. The van der Waals surface area contributed by atoms with Crippen LogP contribution in [0.25, 0.3) is 72.2 Å². The predicted molar refractivity (Wildman–Crippen MR) is 197 cm³/mol. The maximum Gasteiger partial charge on any atom is 0.136 e. The van der Waals surface area contributed by atoms with Gasteiger partial charge in [0.2, 0.25) is 0 Å². The minimum Gasteiger partial charge on any atom is -0.456 e. The summed E-state index contributed by atoms with van der Waals surface area (Å²) in [5.41, 5.74) is 13.6. The molecule has 0 bridgehead atoms. The molecular formula is C44H31BO. The molecule has 6 aromatic carbocycles. The van der Waals surface area contributed by atoms with Gasteiger partial charge in [0, 0.05) is 10.8 Å². The molecule has 8 rings (SSSR count). The van der Waals surface area contributed by atoms with Crippen LogP contribution in [0, 0.1) is 6.92 Å². The molecule has 1 aromatic heterocycles. The van der Waals surface area contributed by atoms with E-state index in [1.807, 2.05) is 36.4 Å². The molecule has 216 valence electrons. The highest BCUT2D eigenvalue weighted by Crippen LogP contribution is 2.45. The Hall–Kier alpha value is -5.60. The van der Waals surface area contributed by atoms with Crippen molar-refractivity contribution in [1.82, 2.24) is 0 Å². The number of hydrogen-bond acceptors (Lipinski definition) is 1. The van der Waals surface area contributed by atoms with Gasteiger partial charge in [0.25, 0.3) is 0 Å². The van der Waals surface area contributed by atoms with Gasteiger partial charge in [-0.3, -0.25) is 0 Å². The third-order valence-corrected chi connectivity index (χ3v) is 9.07. The monoisotopic (exact) mass is 586 g/mol. The SMILES string of the molecule is [B]c1cccccc(C)c(-c2c3c(c(-c4ccc(-c5cccc6oc7ccccc7c56)cc4)c4ccccc24)CC=CC=C3)cc1. The van der Waals surface area contributed by atoms with Gasteiger partial charge >= 0.3 is 0 Å². The molecule has 1 heterocycles. The summed E-state index contributed by atoms with van der Waals surface area (Å²) < 4.78 is 6.19. The molecule has 2 heteroatoms. The van der Waals surface area contributed by atoms with Crippen molar-refractivity contribution in [3.63, 3.8) is 0 Å². The Morgan fingerprint density at radius 3 is 2.09 bits per heavy atom. The summed E-state index contributed by atoms with van der Waals surface area (Å²) in [6.45, 7) is 2.18. The molecule has 7 aromatic rings. The highest BCUT2D eigenvalue weighted by molar-refractivity contribution is 6.32. The zero-order valence-corrected chi connectivity index (χ0v) is 25.7. The summed E-state index contributed by atoms with van der Waals surface area (Å²) in [7, 11) is 6.34. The minimum absolute atomic E-state index is 0.722. The Morgan fingerprint density at radius 2 is 1.24 bits per heavy atom. The van der Waals surface area contributed by atoms with E-state index in [2.05, 4.69) is 128 Å². The molecule has 0 unspecified atom stereocenters. The normalized spacial score (nSPS) is 12.3. The van der Waals surface area contributed by atoms with Crippen molar-refractivity contribution in [3.8, 4) is 33.4 Å². The molecule has 0 saturated heterocycles. The topological polar surface area (TPSA) is 13.1 Å². The van der Waals surface area contributed by atoms with Gasteiger partial charge in [-0.1, -0.05) is 151 Å². The molecule has 0 amide bonds. The third-order valence-electron chi connectivity index (χ3n) is 9.07. The Bertz CT molecular complexity index is 2400. The van der Waals surface area contributed by atoms with Crippen LogP contribution >= 0.6 is 0 Å². The van der Waals surface area contributed by atoms with E-state index >= 15 is 0 Å². The lowest BCUT2D eigenvalue weighted by atomic mass is 9.81. The number of para-hydroxylation sites is 1. The largest absolute Gasteiger partial charge is 0.456 e.